The molecule has 2 aromatic carbocycles. The molecule has 0 radical (unpaired) electrons. The van der Waals surface area contributed by atoms with Gasteiger partial charge < -0.3 is 24.8 Å². The highest BCUT2D eigenvalue weighted by Crippen LogP contribution is 2.26. The van der Waals surface area contributed by atoms with Gasteiger partial charge in [-0.3, -0.25) is 9.59 Å². The molecule has 2 aromatic rings. The zero-order chi connectivity index (χ0) is 26.5. The summed E-state index contributed by atoms with van der Waals surface area (Å²) in [7, 11) is 0. The van der Waals surface area contributed by atoms with E-state index in [1.165, 1.54) is 4.90 Å². The molecule has 0 aromatic heterocycles. The van der Waals surface area contributed by atoms with E-state index in [0.29, 0.717) is 11.4 Å². The van der Waals surface area contributed by atoms with E-state index in [0.717, 1.165) is 16.7 Å². The molecule has 9 heteroatoms. The summed E-state index contributed by atoms with van der Waals surface area (Å²) in [6, 6.07) is 13.1. The smallest absolute Gasteiger partial charge is 0.408 e. The number of halogens is 1. The van der Waals surface area contributed by atoms with E-state index in [1.807, 2.05) is 36.4 Å². The first kappa shape index (κ1) is 27.5. The van der Waals surface area contributed by atoms with Gasteiger partial charge in [0, 0.05) is 17.6 Å². The number of aliphatic carboxylic acids is 1. The maximum absolute atomic E-state index is 13.9. The van der Waals surface area contributed by atoms with Crippen LogP contribution in [0, 0.1) is 0 Å². The minimum Gasteiger partial charge on any atom is -0.481 e. The second-order valence-electron chi connectivity index (χ2n) is 9.96. The van der Waals surface area contributed by atoms with Gasteiger partial charge in [0.25, 0.3) is 0 Å². The summed E-state index contributed by atoms with van der Waals surface area (Å²) in [5, 5.41) is 12.8. The Balaban J connectivity index is 1.85. The molecule has 2 amide bonds. The first-order valence-electron chi connectivity index (χ1n) is 11.9. The Morgan fingerprint density at radius 1 is 1.11 bits per heavy atom. The lowest BCUT2D eigenvalue weighted by atomic mass is 9.91. The van der Waals surface area contributed by atoms with Crippen molar-refractivity contribution in [3.63, 3.8) is 0 Å². The number of benzene rings is 2. The van der Waals surface area contributed by atoms with E-state index in [2.05, 4.69) is 5.32 Å². The molecule has 0 saturated heterocycles. The van der Waals surface area contributed by atoms with Crippen LogP contribution in [0.4, 0.5) is 4.79 Å². The van der Waals surface area contributed by atoms with Gasteiger partial charge in [0.15, 0.2) is 0 Å². The van der Waals surface area contributed by atoms with E-state index in [1.54, 1.807) is 39.8 Å². The molecule has 0 unspecified atom stereocenters. The lowest BCUT2D eigenvalue weighted by Gasteiger charge is -2.39. The van der Waals surface area contributed by atoms with Crippen molar-refractivity contribution in [3.8, 4) is 0 Å². The van der Waals surface area contributed by atoms with Gasteiger partial charge in [-0.15, -0.1) is 0 Å². The molecule has 8 nitrogen and oxygen atoms in total. The Morgan fingerprint density at radius 3 is 2.36 bits per heavy atom. The van der Waals surface area contributed by atoms with E-state index in [-0.39, 0.29) is 19.6 Å². The number of hydrogen-bond acceptors (Lipinski definition) is 5. The number of rotatable bonds is 8. The fourth-order valence-electron chi connectivity index (χ4n) is 4.13. The second-order valence-corrected chi connectivity index (χ2v) is 10.4. The summed E-state index contributed by atoms with van der Waals surface area (Å²) in [4.78, 5) is 39.7. The summed E-state index contributed by atoms with van der Waals surface area (Å²) in [5.74, 6) is -1.42. The summed E-state index contributed by atoms with van der Waals surface area (Å²) in [6.45, 7) is 7.32. The van der Waals surface area contributed by atoms with Crippen LogP contribution >= 0.6 is 11.6 Å². The van der Waals surface area contributed by atoms with Crippen molar-refractivity contribution in [2.75, 3.05) is 0 Å². The predicted molar refractivity (Wildman–Crippen MR) is 136 cm³/mol. The third-order valence-corrected chi connectivity index (χ3v) is 6.13. The molecule has 0 bridgehead atoms. The molecule has 3 rings (SSSR count). The van der Waals surface area contributed by atoms with E-state index in [9.17, 15) is 19.5 Å². The van der Waals surface area contributed by atoms with Gasteiger partial charge in [-0.2, -0.15) is 0 Å². The highest BCUT2D eigenvalue weighted by atomic mass is 35.5. The average molecular weight is 517 g/mol. The number of nitrogens with zero attached hydrogens (tertiary/aromatic N) is 1. The largest absolute Gasteiger partial charge is 0.481 e. The molecule has 0 fully saturated rings. The van der Waals surface area contributed by atoms with Crippen molar-refractivity contribution >= 4 is 29.6 Å². The van der Waals surface area contributed by atoms with Crippen LogP contribution in [-0.4, -0.2) is 51.8 Å². The van der Waals surface area contributed by atoms with Crippen LogP contribution in [0.1, 0.15) is 50.8 Å². The van der Waals surface area contributed by atoms with E-state index >= 15 is 0 Å². The SMILES string of the molecule is C[C@@H](OCc1ccc(Cl)cc1)[C@H](NC(=O)OC(C)(C)C)C(=O)N1Cc2ccccc2C[C@@H]1CC(=O)O. The van der Waals surface area contributed by atoms with Gasteiger partial charge in [0.05, 0.1) is 19.1 Å². The summed E-state index contributed by atoms with van der Waals surface area (Å²) in [6.07, 6.45) is -1.29. The van der Waals surface area contributed by atoms with Crippen molar-refractivity contribution in [1.82, 2.24) is 10.2 Å². The summed E-state index contributed by atoms with van der Waals surface area (Å²) < 4.78 is 11.4. The zero-order valence-corrected chi connectivity index (χ0v) is 21.7. The Labute approximate surface area is 216 Å². The highest BCUT2D eigenvalue weighted by molar-refractivity contribution is 6.30. The minimum absolute atomic E-state index is 0.194. The van der Waals surface area contributed by atoms with Crippen molar-refractivity contribution in [3.05, 3.63) is 70.2 Å². The topological polar surface area (TPSA) is 105 Å². The van der Waals surface area contributed by atoms with Crippen LogP contribution in [0.15, 0.2) is 48.5 Å². The number of carbonyl (C=O) groups is 3. The first-order chi connectivity index (χ1) is 16.9. The van der Waals surface area contributed by atoms with E-state index in [4.69, 9.17) is 21.1 Å². The molecular formula is C27H33ClN2O6. The third-order valence-electron chi connectivity index (χ3n) is 5.88. The molecule has 2 N–H and O–H groups in total. The lowest BCUT2D eigenvalue weighted by Crippen LogP contribution is -2.58. The molecule has 3 atom stereocenters. The minimum atomic E-state index is -1.09. The van der Waals surface area contributed by atoms with E-state index < -0.39 is 41.8 Å². The van der Waals surface area contributed by atoms with Gasteiger partial charge >= 0.3 is 12.1 Å². The first-order valence-corrected chi connectivity index (χ1v) is 12.3. The van der Waals surface area contributed by atoms with Crippen molar-refractivity contribution in [1.29, 1.82) is 0 Å². The normalized spacial score (nSPS) is 17.0. The van der Waals surface area contributed by atoms with Crippen molar-refractivity contribution < 1.29 is 29.0 Å². The van der Waals surface area contributed by atoms with Gasteiger partial charge in [-0.1, -0.05) is 48.0 Å². The Morgan fingerprint density at radius 2 is 1.75 bits per heavy atom. The van der Waals surface area contributed by atoms with Crippen LogP contribution in [0.5, 0.6) is 0 Å². The maximum Gasteiger partial charge on any atom is 0.408 e. The number of amides is 2. The molecule has 1 heterocycles. The average Bonchev–Trinajstić information content (AvgIpc) is 2.79. The molecule has 0 saturated carbocycles. The number of hydrogen-bond donors (Lipinski definition) is 2. The zero-order valence-electron chi connectivity index (χ0n) is 21.0. The molecule has 194 valence electrons. The van der Waals surface area contributed by atoms with Gasteiger partial charge in [-0.05, 0) is 62.9 Å². The van der Waals surface area contributed by atoms with Gasteiger partial charge in [0.1, 0.15) is 11.6 Å². The number of alkyl carbamates (subject to hydrolysis) is 1. The maximum atomic E-state index is 13.9. The number of ether oxygens (including phenoxy) is 2. The standard InChI is InChI=1S/C27H33ClN2O6/c1-17(35-16-18-9-11-21(28)12-10-18)24(29-26(34)36-27(2,3)4)25(33)30-15-20-8-6-5-7-19(20)13-22(30)14-23(31)32/h5-12,17,22,24H,13-16H2,1-4H3,(H,29,34)(H,31,32)/t17-,22-,24+/m1/s1. The summed E-state index contributed by atoms with van der Waals surface area (Å²) in [5.41, 5.74) is 2.04. The van der Waals surface area contributed by atoms with Crippen LogP contribution in [0.3, 0.4) is 0 Å². The van der Waals surface area contributed by atoms with Gasteiger partial charge in [0.2, 0.25) is 5.91 Å². The predicted octanol–water partition coefficient (Wildman–Crippen LogP) is 4.57. The molecule has 1 aliphatic heterocycles. The lowest BCUT2D eigenvalue weighted by molar-refractivity contribution is -0.145. The van der Waals surface area contributed by atoms with Crippen molar-refractivity contribution in [2.45, 2.75) is 77.5 Å². The van der Waals surface area contributed by atoms with Crippen LogP contribution in [0.25, 0.3) is 0 Å². The second kappa shape index (κ2) is 11.8. The monoisotopic (exact) mass is 516 g/mol. The fraction of sp³-hybridized carbons (Fsp3) is 0.444. The Kier molecular flexibility index (Phi) is 8.98. The summed E-state index contributed by atoms with van der Waals surface area (Å²) >= 11 is 5.95. The fourth-order valence-corrected chi connectivity index (χ4v) is 4.25. The Hall–Kier alpha value is -3.10. The quantitative estimate of drug-likeness (QED) is 0.532. The number of fused-ring (bicyclic) bond motifs is 1. The number of carbonyl (C=O) groups excluding carboxylic acids is 2. The van der Waals surface area contributed by atoms with Crippen LogP contribution < -0.4 is 5.32 Å². The number of nitrogens with one attached hydrogen (secondary N) is 1. The van der Waals surface area contributed by atoms with Crippen LogP contribution in [-0.2, 0) is 38.6 Å². The number of carboxylic acids is 1. The van der Waals surface area contributed by atoms with Crippen LogP contribution in [0.2, 0.25) is 5.02 Å². The molecule has 36 heavy (non-hydrogen) atoms. The molecule has 1 aliphatic rings. The van der Waals surface area contributed by atoms with Gasteiger partial charge in [-0.25, -0.2) is 4.79 Å². The molecule has 0 spiro atoms. The molecule has 0 aliphatic carbocycles. The third kappa shape index (κ3) is 7.70. The highest BCUT2D eigenvalue weighted by Gasteiger charge is 2.38. The Bertz CT molecular complexity index is 1080. The number of carboxylic acid groups (broad SMARTS) is 1. The molecular weight excluding hydrogens is 484 g/mol. The van der Waals surface area contributed by atoms with Crippen molar-refractivity contribution in [2.24, 2.45) is 0 Å².